The number of rotatable bonds is 4. The molecule has 1 radical (unpaired) electrons. The third kappa shape index (κ3) is 3.70. The van der Waals surface area contributed by atoms with Gasteiger partial charge in [-0.15, -0.1) is 0 Å². The maximum absolute atomic E-state index is 5.40. The van der Waals surface area contributed by atoms with Gasteiger partial charge in [0.25, 0.3) is 0 Å². The lowest BCUT2D eigenvalue weighted by atomic mass is 10.1. The van der Waals surface area contributed by atoms with E-state index in [4.69, 9.17) is 5.73 Å². The van der Waals surface area contributed by atoms with Crippen LogP contribution in [0.15, 0.2) is 0 Å². The summed E-state index contributed by atoms with van der Waals surface area (Å²) >= 11 is 0. The van der Waals surface area contributed by atoms with Gasteiger partial charge < -0.3 is 11.1 Å². The monoisotopic (exact) mass is 156 g/mol. The zero-order valence-electron chi connectivity index (χ0n) is 7.05. The highest BCUT2D eigenvalue weighted by atomic mass is 15.0. The minimum Gasteiger partial charge on any atom is -0.330 e. The van der Waals surface area contributed by atoms with Gasteiger partial charge >= 0.3 is 0 Å². The van der Waals surface area contributed by atoms with Crippen molar-refractivity contribution < 1.29 is 0 Å². The summed E-state index contributed by atoms with van der Waals surface area (Å²) in [6.07, 6.45) is 3.59. The number of piperazine rings is 1. The Kier molecular flexibility index (Phi) is 4.50. The first-order valence-corrected chi connectivity index (χ1v) is 4.51. The zero-order valence-corrected chi connectivity index (χ0v) is 7.05. The van der Waals surface area contributed by atoms with Gasteiger partial charge in [0.1, 0.15) is 0 Å². The average molecular weight is 156 g/mol. The van der Waals surface area contributed by atoms with E-state index in [9.17, 15) is 0 Å². The fraction of sp³-hybridized carbons (Fsp3) is 1.00. The summed E-state index contributed by atoms with van der Waals surface area (Å²) < 4.78 is 0. The van der Waals surface area contributed by atoms with E-state index >= 15 is 0 Å². The molecule has 3 nitrogen and oxygen atoms in total. The lowest BCUT2D eigenvalue weighted by molar-refractivity contribution is 0.382. The van der Waals surface area contributed by atoms with E-state index in [1.165, 1.54) is 12.8 Å². The van der Waals surface area contributed by atoms with Crippen molar-refractivity contribution in [3.63, 3.8) is 0 Å². The molecule has 0 bridgehead atoms. The van der Waals surface area contributed by atoms with Gasteiger partial charge in [0.15, 0.2) is 0 Å². The fourth-order valence-corrected chi connectivity index (χ4v) is 1.38. The van der Waals surface area contributed by atoms with E-state index in [0.29, 0.717) is 6.04 Å². The first-order valence-electron chi connectivity index (χ1n) is 4.51. The molecule has 0 aromatic carbocycles. The van der Waals surface area contributed by atoms with Gasteiger partial charge in [-0.3, -0.25) is 0 Å². The van der Waals surface area contributed by atoms with Gasteiger partial charge in [0, 0.05) is 25.7 Å². The summed E-state index contributed by atoms with van der Waals surface area (Å²) in [5.74, 6) is 0. The molecule has 65 valence electrons. The second-order valence-corrected chi connectivity index (χ2v) is 3.05. The number of hydrogen-bond acceptors (Lipinski definition) is 2. The average Bonchev–Trinajstić information content (AvgIpc) is 2.07. The number of nitrogens with one attached hydrogen (secondary N) is 1. The van der Waals surface area contributed by atoms with E-state index < -0.39 is 0 Å². The molecule has 3 N–H and O–H groups in total. The van der Waals surface area contributed by atoms with Gasteiger partial charge in [0.2, 0.25) is 0 Å². The lowest BCUT2D eigenvalue weighted by Crippen LogP contribution is -2.43. The van der Waals surface area contributed by atoms with E-state index in [0.717, 1.165) is 32.6 Å². The van der Waals surface area contributed by atoms with Gasteiger partial charge in [0.05, 0.1) is 0 Å². The molecule has 0 aromatic heterocycles. The zero-order chi connectivity index (χ0) is 7.94. The Balaban J connectivity index is 1.96. The molecule has 0 saturated carbocycles. The van der Waals surface area contributed by atoms with Crippen LogP contribution >= 0.6 is 0 Å². The highest BCUT2D eigenvalue weighted by Crippen LogP contribution is 2.01. The largest absolute Gasteiger partial charge is 0.330 e. The Morgan fingerprint density at radius 3 is 3.00 bits per heavy atom. The van der Waals surface area contributed by atoms with Crippen molar-refractivity contribution >= 4 is 0 Å². The molecule has 1 aliphatic heterocycles. The minimum atomic E-state index is 0.565. The molecule has 1 unspecified atom stereocenters. The van der Waals surface area contributed by atoms with Gasteiger partial charge in [-0.05, 0) is 19.4 Å². The Morgan fingerprint density at radius 1 is 1.45 bits per heavy atom. The Bertz CT molecular complexity index is 89.3. The van der Waals surface area contributed by atoms with Crippen LogP contribution in [0.25, 0.3) is 0 Å². The first kappa shape index (κ1) is 8.97. The molecule has 0 spiro atoms. The van der Waals surface area contributed by atoms with Crippen LogP contribution in [0.1, 0.15) is 19.3 Å². The summed E-state index contributed by atoms with van der Waals surface area (Å²) in [5.41, 5.74) is 5.40. The second kappa shape index (κ2) is 5.52. The van der Waals surface area contributed by atoms with Gasteiger partial charge in [-0.25, -0.2) is 5.32 Å². The van der Waals surface area contributed by atoms with Crippen molar-refractivity contribution in [2.24, 2.45) is 5.73 Å². The number of unbranched alkanes of at least 4 members (excludes halogenated alkanes) is 1. The van der Waals surface area contributed by atoms with E-state index in [1.807, 2.05) is 0 Å². The molecular weight excluding hydrogens is 138 g/mol. The molecule has 0 aromatic rings. The topological polar surface area (TPSA) is 52.1 Å². The lowest BCUT2D eigenvalue weighted by Gasteiger charge is -2.22. The summed E-state index contributed by atoms with van der Waals surface area (Å²) in [7, 11) is 0. The van der Waals surface area contributed by atoms with E-state index in [1.54, 1.807) is 0 Å². The van der Waals surface area contributed by atoms with Crippen LogP contribution in [0, 0.1) is 0 Å². The standard InChI is InChI=1S/C8H18N3/c9-4-2-1-3-8-7-10-5-6-11-8/h8,10H,1-7,9H2. The number of hydrogen-bond donors (Lipinski definition) is 2. The number of nitrogens with two attached hydrogens (primary N) is 1. The summed E-state index contributed by atoms with van der Waals surface area (Å²) in [4.78, 5) is 0. The molecule has 0 amide bonds. The normalized spacial score (nSPS) is 25.4. The molecule has 1 aliphatic rings. The molecule has 1 rings (SSSR count). The second-order valence-electron chi connectivity index (χ2n) is 3.05. The smallest absolute Gasteiger partial charge is 0.0371 e. The molecule has 3 heteroatoms. The maximum atomic E-state index is 5.40. The molecule has 1 atom stereocenters. The Hall–Kier alpha value is -0.120. The minimum absolute atomic E-state index is 0.565. The first-order chi connectivity index (χ1) is 5.43. The number of nitrogens with zero attached hydrogens (tertiary/aromatic N) is 1. The Morgan fingerprint density at radius 2 is 2.36 bits per heavy atom. The third-order valence-corrected chi connectivity index (χ3v) is 2.05. The van der Waals surface area contributed by atoms with Crippen LogP contribution in [0.2, 0.25) is 0 Å². The van der Waals surface area contributed by atoms with E-state index in [2.05, 4.69) is 10.6 Å². The van der Waals surface area contributed by atoms with Gasteiger partial charge in [-0.2, -0.15) is 0 Å². The molecule has 1 fully saturated rings. The molecule has 1 heterocycles. The van der Waals surface area contributed by atoms with Crippen LogP contribution in [-0.4, -0.2) is 32.2 Å². The van der Waals surface area contributed by atoms with Crippen LogP contribution in [0.5, 0.6) is 0 Å². The SMILES string of the molecule is NCCCCC1CNCC[N]1. The summed E-state index contributed by atoms with van der Waals surface area (Å²) in [5, 5.41) is 7.83. The quantitative estimate of drug-likeness (QED) is 0.549. The van der Waals surface area contributed by atoms with E-state index in [-0.39, 0.29) is 0 Å². The van der Waals surface area contributed by atoms with Gasteiger partial charge in [-0.1, -0.05) is 6.42 Å². The van der Waals surface area contributed by atoms with Crippen molar-refractivity contribution in [3.8, 4) is 0 Å². The molecule has 1 saturated heterocycles. The molecular formula is C8H18N3. The Labute approximate surface area is 68.7 Å². The third-order valence-electron chi connectivity index (χ3n) is 2.05. The van der Waals surface area contributed by atoms with Crippen LogP contribution < -0.4 is 16.4 Å². The fourth-order valence-electron chi connectivity index (χ4n) is 1.38. The van der Waals surface area contributed by atoms with Crippen LogP contribution in [0.3, 0.4) is 0 Å². The van der Waals surface area contributed by atoms with Crippen LogP contribution in [0.4, 0.5) is 0 Å². The van der Waals surface area contributed by atoms with Crippen molar-refractivity contribution in [2.75, 3.05) is 26.2 Å². The summed E-state index contributed by atoms with van der Waals surface area (Å²) in [6, 6.07) is 0.565. The highest BCUT2D eigenvalue weighted by molar-refractivity contribution is 4.74. The maximum Gasteiger partial charge on any atom is 0.0371 e. The summed E-state index contributed by atoms with van der Waals surface area (Å²) in [6.45, 7) is 3.95. The highest BCUT2D eigenvalue weighted by Gasteiger charge is 2.11. The van der Waals surface area contributed by atoms with Crippen molar-refractivity contribution in [3.05, 3.63) is 0 Å². The van der Waals surface area contributed by atoms with Crippen molar-refractivity contribution in [2.45, 2.75) is 25.3 Å². The van der Waals surface area contributed by atoms with Crippen LogP contribution in [-0.2, 0) is 0 Å². The predicted molar refractivity (Wildman–Crippen MR) is 46.6 cm³/mol. The van der Waals surface area contributed by atoms with Crippen molar-refractivity contribution in [1.29, 1.82) is 0 Å². The molecule has 11 heavy (non-hydrogen) atoms. The molecule has 0 aliphatic carbocycles. The predicted octanol–water partition coefficient (Wildman–Crippen LogP) is -0.308. The van der Waals surface area contributed by atoms with Crippen molar-refractivity contribution in [1.82, 2.24) is 10.6 Å².